The lowest BCUT2D eigenvalue weighted by atomic mass is 9.98. The number of amides is 1. The monoisotopic (exact) mass is 347 g/mol. The molecule has 1 amide bonds. The molecule has 0 saturated heterocycles. The van der Waals surface area contributed by atoms with Gasteiger partial charge in [-0.15, -0.1) is 0 Å². The largest absolute Gasteiger partial charge is 0.455 e. The molecule has 0 saturated carbocycles. The van der Waals surface area contributed by atoms with E-state index in [9.17, 15) is 14.9 Å². The van der Waals surface area contributed by atoms with Gasteiger partial charge in [0, 0.05) is 28.0 Å². The predicted molar refractivity (Wildman–Crippen MR) is 97.5 cm³/mol. The van der Waals surface area contributed by atoms with Crippen molar-refractivity contribution in [2.45, 2.75) is 0 Å². The molecule has 7 nitrogen and oxygen atoms in total. The molecule has 3 N–H and O–H groups in total. The van der Waals surface area contributed by atoms with E-state index >= 15 is 0 Å². The van der Waals surface area contributed by atoms with Crippen LogP contribution in [-0.4, -0.2) is 10.8 Å². The summed E-state index contributed by atoms with van der Waals surface area (Å²) in [4.78, 5) is 22.9. The maximum atomic E-state index is 11.9. The summed E-state index contributed by atoms with van der Waals surface area (Å²) in [6.07, 6.45) is 0. The van der Waals surface area contributed by atoms with Crippen molar-refractivity contribution in [3.63, 3.8) is 0 Å². The molecule has 0 aliphatic carbocycles. The van der Waals surface area contributed by atoms with Gasteiger partial charge in [0.1, 0.15) is 11.2 Å². The standard InChI is InChI=1S/C19H13N3O4/c20-21-19(23)11-8-9-16(22(24)25)15(10-11)14-6-3-5-13-12-4-1-2-7-17(12)26-18(13)14/h1-10H,20H2,(H,21,23). The first kappa shape index (κ1) is 15.8. The fourth-order valence-electron chi connectivity index (χ4n) is 3.09. The number of nitro benzene ring substituents is 1. The van der Waals surface area contributed by atoms with Gasteiger partial charge in [0.05, 0.1) is 10.5 Å². The second-order valence-corrected chi connectivity index (χ2v) is 5.74. The highest BCUT2D eigenvalue weighted by Crippen LogP contribution is 2.39. The number of para-hydroxylation sites is 2. The summed E-state index contributed by atoms with van der Waals surface area (Å²) >= 11 is 0. The summed E-state index contributed by atoms with van der Waals surface area (Å²) in [5.74, 6) is 4.65. The Hall–Kier alpha value is -3.71. The SMILES string of the molecule is NNC(=O)c1ccc([N+](=O)[O-])c(-c2cccc3c2oc2ccccc23)c1. The fourth-order valence-corrected chi connectivity index (χ4v) is 3.09. The molecule has 0 fully saturated rings. The number of hydrogen-bond acceptors (Lipinski definition) is 5. The highest BCUT2D eigenvalue weighted by molar-refractivity contribution is 6.10. The van der Waals surface area contributed by atoms with Crippen LogP contribution in [0, 0.1) is 10.1 Å². The minimum Gasteiger partial charge on any atom is -0.455 e. The van der Waals surface area contributed by atoms with Crippen LogP contribution in [0.25, 0.3) is 33.1 Å². The van der Waals surface area contributed by atoms with E-state index in [4.69, 9.17) is 10.3 Å². The maximum absolute atomic E-state index is 11.9. The third-order valence-corrected chi connectivity index (χ3v) is 4.28. The molecule has 1 heterocycles. The number of carbonyl (C=O) groups is 1. The third kappa shape index (κ3) is 2.38. The average Bonchev–Trinajstić information content (AvgIpc) is 3.05. The Labute approximate surface area is 147 Å². The molecular weight excluding hydrogens is 334 g/mol. The Morgan fingerprint density at radius 3 is 2.54 bits per heavy atom. The number of benzene rings is 3. The normalized spacial score (nSPS) is 11.0. The van der Waals surface area contributed by atoms with E-state index in [-0.39, 0.29) is 11.3 Å². The molecule has 0 atom stereocenters. The summed E-state index contributed by atoms with van der Waals surface area (Å²) in [6, 6.07) is 17.1. The summed E-state index contributed by atoms with van der Waals surface area (Å²) in [5, 5.41) is 13.3. The van der Waals surface area contributed by atoms with E-state index in [1.54, 1.807) is 12.1 Å². The van der Waals surface area contributed by atoms with E-state index in [1.807, 2.05) is 35.8 Å². The van der Waals surface area contributed by atoms with Crippen molar-refractivity contribution < 1.29 is 14.1 Å². The average molecular weight is 347 g/mol. The summed E-state index contributed by atoms with van der Waals surface area (Å²) in [7, 11) is 0. The molecule has 3 aromatic carbocycles. The molecule has 0 unspecified atom stereocenters. The number of hydrogen-bond donors (Lipinski definition) is 2. The quantitative estimate of drug-likeness (QED) is 0.254. The second-order valence-electron chi connectivity index (χ2n) is 5.74. The number of rotatable bonds is 3. The van der Waals surface area contributed by atoms with Gasteiger partial charge in [0.25, 0.3) is 11.6 Å². The van der Waals surface area contributed by atoms with Crippen molar-refractivity contribution in [3.8, 4) is 11.1 Å². The third-order valence-electron chi connectivity index (χ3n) is 4.28. The van der Waals surface area contributed by atoms with E-state index in [0.717, 1.165) is 10.8 Å². The minimum absolute atomic E-state index is 0.119. The van der Waals surface area contributed by atoms with Gasteiger partial charge in [-0.25, -0.2) is 5.84 Å². The second kappa shape index (κ2) is 5.98. The number of nitrogens with one attached hydrogen (secondary N) is 1. The molecule has 1 aromatic heterocycles. The van der Waals surface area contributed by atoms with E-state index in [1.165, 1.54) is 18.2 Å². The molecule has 26 heavy (non-hydrogen) atoms. The first-order valence-corrected chi connectivity index (χ1v) is 7.80. The van der Waals surface area contributed by atoms with Crippen molar-refractivity contribution >= 4 is 33.5 Å². The van der Waals surface area contributed by atoms with Crippen LogP contribution in [0.3, 0.4) is 0 Å². The van der Waals surface area contributed by atoms with Gasteiger partial charge in [-0.1, -0.05) is 36.4 Å². The molecule has 0 radical (unpaired) electrons. The van der Waals surface area contributed by atoms with Crippen molar-refractivity contribution in [1.29, 1.82) is 0 Å². The van der Waals surface area contributed by atoms with Crippen LogP contribution in [0.5, 0.6) is 0 Å². The lowest BCUT2D eigenvalue weighted by Crippen LogP contribution is -2.29. The van der Waals surface area contributed by atoms with E-state index in [2.05, 4.69) is 0 Å². The first-order chi connectivity index (χ1) is 12.6. The highest BCUT2D eigenvalue weighted by atomic mass is 16.6. The van der Waals surface area contributed by atoms with Crippen LogP contribution < -0.4 is 11.3 Å². The van der Waals surface area contributed by atoms with E-state index in [0.29, 0.717) is 22.3 Å². The van der Waals surface area contributed by atoms with Crippen LogP contribution >= 0.6 is 0 Å². The Kier molecular flexibility index (Phi) is 3.63. The van der Waals surface area contributed by atoms with Crippen molar-refractivity contribution in [2.24, 2.45) is 5.84 Å². The summed E-state index contributed by atoms with van der Waals surface area (Å²) in [5.41, 5.74) is 4.19. The molecule has 0 aliphatic heterocycles. The number of nitrogen functional groups attached to an aromatic ring is 1. The lowest BCUT2D eigenvalue weighted by molar-refractivity contribution is -0.384. The molecule has 4 rings (SSSR count). The highest BCUT2D eigenvalue weighted by Gasteiger charge is 2.21. The first-order valence-electron chi connectivity index (χ1n) is 7.80. The Morgan fingerprint density at radius 2 is 1.77 bits per heavy atom. The zero-order chi connectivity index (χ0) is 18.3. The number of hydrazine groups is 1. The Morgan fingerprint density at radius 1 is 1.00 bits per heavy atom. The Balaban J connectivity index is 2.05. The topological polar surface area (TPSA) is 111 Å². The van der Waals surface area contributed by atoms with Crippen LogP contribution in [0.15, 0.2) is 65.1 Å². The number of nitrogens with two attached hydrogens (primary N) is 1. The molecule has 0 aliphatic rings. The maximum Gasteiger partial charge on any atom is 0.277 e. The van der Waals surface area contributed by atoms with Gasteiger partial charge >= 0.3 is 0 Å². The van der Waals surface area contributed by atoms with Gasteiger partial charge < -0.3 is 4.42 Å². The number of carbonyl (C=O) groups excluding carboxylic acids is 1. The number of fused-ring (bicyclic) bond motifs is 3. The lowest BCUT2D eigenvalue weighted by Gasteiger charge is -2.07. The number of nitrogens with zero attached hydrogens (tertiary/aromatic N) is 1. The van der Waals surface area contributed by atoms with Gasteiger partial charge in [-0.05, 0) is 18.2 Å². The zero-order valence-electron chi connectivity index (χ0n) is 13.4. The Bertz CT molecular complexity index is 1180. The molecule has 7 heteroatoms. The minimum atomic E-state index is -0.530. The van der Waals surface area contributed by atoms with Crippen LogP contribution in [0.2, 0.25) is 0 Å². The summed E-state index contributed by atoms with van der Waals surface area (Å²) < 4.78 is 5.95. The van der Waals surface area contributed by atoms with Gasteiger partial charge in [0.15, 0.2) is 0 Å². The molecule has 128 valence electrons. The summed E-state index contributed by atoms with van der Waals surface area (Å²) in [6.45, 7) is 0. The molecule has 0 bridgehead atoms. The molecular formula is C19H13N3O4. The van der Waals surface area contributed by atoms with Crippen molar-refractivity contribution in [1.82, 2.24) is 5.43 Å². The smallest absolute Gasteiger partial charge is 0.277 e. The van der Waals surface area contributed by atoms with Gasteiger partial charge in [-0.2, -0.15) is 0 Å². The van der Waals surface area contributed by atoms with Crippen LogP contribution in [0.4, 0.5) is 5.69 Å². The van der Waals surface area contributed by atoms with Crippen molar-refractivity contribution in [2.75, 3.05) is 0 Å². The molecule has 0 spiro atoms. The van der Waals surface area contributed by atoms with Crippen LogP contribution in [-0.2, 0) is 0 Å². The van der Waals surface area contributed by atoms with Crippen LogP contribution in [0.1, 0.15) is 10.4 Å². The fraction of sp³-hybridized carbons (Fsp3) is 0. The van der Waals surface area contributed by atoms with E-state index < -0.39 is 10.8 Å². The number of nitro groups is 1. The van der Waals surface area contributed by atoms with Crippen molar-refractivity contribution in [3.05, 3.63) is 76.3 Å². The predicted octanol–water partition coefficient (Wildman–Crippen LogP) is 3.76. The van der Waals surface area contributed by atoms with Gasteiger partial charge in [0.2, 0.25) is 0 Å². The number of furan rings is 1. The molecule has 4 aromatic rings. The van der Waals surface area contributed by atoms with Gasteiger partial charge in [-0.3, -0.25) is 20.3 Å². The zero-order valence-corrected chi connectivity index (χ0v) is 13.4.